The van der Waals surface area contributed by atoms with E-state index in [1.165, 1.54) is 6.42 Å². The van der Waals surface area contributed by atoms with E-state index < -0.39 is 0 Å². The van der Waals surface area contributed by atoms with E-state index in [0.29, 0.717) is 18.4 Å². The van der Waals surface area contributed by atoms with Crippen molar-refractivity contribution in [3.8, 4) is 0 Å². The van der Waals surface area contributed by atoms with Crippen LogP contribution < -0.4 is 11.1 Å². The Labute approximate surface area is 139 Å². The molecular formula is C16H29ClN2O3. The summed E-state index contributed by atoms with van der Waals surface area (Å²) in [5, 5.41) is 2.88. The van der Waals surface area contributed by atoms with E-state index in [2.05, 4.69) is 5.32 Å². The largest absolute Gasteiger partial charge is 0.463 e. The average Bonchev–Trinajstić information content (AvgIpc) is 2.37. The number of nitrogens with two attached hydrogens (primary N) is 1. The molecule has 5 nitrogen and oxygen atoms in total. The van der Waals surface area contributed by atoms with Crippen molar-refractivity contribution in [2.75, 3.05) is 6.54 Å². The van der Waals surface area contributed by atoms with Crippen molar-refractivity contribution in [1.29, 1.82) is 0 Å². The van der Waals surface area contributed by atoms with Crippen LogP contribution in [0.15, 0.2) is 0 Å². The molecule has 2 fully saturated rings. The summed E-state index contributed by atoms with van der Waals surface area (Å²) in [5.41, 5.74) is 6.24. The lowest BCUT2D eigenvalue weighted by Gasteiger charge is -2.43. The van der Waals surface area contributed by atoms with Gasteiger partial charge in [0.1, 0.15) is 0 Å². The molecule has 22 heavy (non-hydrogen) atoms. The summed E-state index contributed by atoms with van der Waals surface area (Å²) in [6.45, 7) is 4.00. The second-order valence-corrected chi connectivity index (χ2v) is 6.78. The van der Waals surface area contributed by atoms with Gasteiger partial charge in [-0.2, -0.15) is 0 Å². The highest BCUT2D eigenvalue weighted by Crippen LogP contribution is 2.41. The first-order valence-electron chi connectivity index (χ1n) is 8.20. The van der Waals surface area contributed by atoms with Crippen LogP contribution >= 0.6 is 12.4 Å². The van der Waals surface area contributed by atoms with E-state index in [0.717, 1.165) is 25.7 Å². The third-order valence-electron chi connectivity index (χ3n) is 4.78. The predicted molar refractivity (Wildman–Crippen MR) is 87.6 cm³/mol. The molecule has 2 saturated carbocycles. The van der Waals surface area contributed by atoms with Crippen molar-refractivity contribution >= 4 is 24.3 Å². The first kappa shape index (κ1) is 19.2. The first-order valence-corrected chi connectivity index (χ1v) is 8.20. The Morgan fingerprint density at radius 1 is 1.23 bits per heavy atom. The van der Waals surface area contributed by atoms with Gasteiger partial charge in [0.05, 0.1) is 12.5 Å². The van der Waals surface area contributed by atoms with Crippen molar-refractivity contribution < 1.29 is 14.3 Å². The van der Waals surface area contributed by atoms with E-state index in [9.17, 15) is 9.59 Å². The zero-order valence-electron chi connectivity index (χ0n) is 13.5. The van der Waals surface area contributed by atoms with Gasteiger partial charge in [-0.25, -0.2) is 0 Å². The Hall–Kier alpha value is -0.810. The minimum Gasteiger partial charge on any atom is -0.463 e. The molecule has 2 aliphatic carbocycles. The van der Waals surface area contributed by atoms with Gasteiger partial charge in [0.25, 0.3) is 0 Å². The summed E-state index contributed by atoms with van der Waals surface area (Å²) in [7, 11) is 0. The normalized spacial score (nSPS) is 30.4. The van der Waals surface area contributed by atoms with E-state index in [-0.39, 0.29) is 48.8 Å². The fourth-order valence-corrected chi connectivity index (χ4v) is 3.76. The second kappa shape index (κ2) is 8.73. The van der Waals surface area contributed by atoms with Crippen molar-refractivity contribution in [2.24, 2.45) is 23.5 Å². The Morgan fingerprint density at radius 3 is 2.36 bits per heavy atom. The zero-order valence-corrected chi connectivity index (χ0v) is 14.4. The highest BCUT2D eigenvalue weighted by molar-refractivity contribution is 5.85. The van der Waals surface area contributed by atoms with Gasteiger partial charge in [-0.3, -0.25) is 9.59 Å². The van der Waals surface area contributed by atoms with E-state index in [1.807, 2.05) is 13.8 Å². The zero-order chi connectivity index (χ0) is 15.4. The molecule has 2 atom stereocenters. The maximum Gasteiger partial charge on any atom is 0.307 e. The number of hydrogen-bond acceptors (Lipinski definition) is 4. The quantitative estimate of drug-likeness (QED) is 0.755. The summed E-state index contributed by atoms with van der Waals surface area (Å²) in [4.78, 5) is 23.7. The average molecular weight is 333 g/mol. The minimum absolute atomic E-state index is 0. The smallest absolute Gasteiger partial charge is 0.307 e. The monoisotopic (exact) mass is 332 g/mol. The molecule has 6 heteroatoms. The van der Waals surface area contributed by atoms with Gasteiger partial charge in [-0.15, -0.1) is 12.4 Å². The van der Waals surface area contributed by atoms with Gasteiger partial charge in [-0.05, 0) is 51.4 Å². The Balaban J connectivity index is 0.00000242. The summed E-state index contributed by atoms with van der Waals surface area (Å²) in [5.74, 6) is 0.892. The first-order chi connectivity index (χ1) is 9.97. The molecule has 0 heterocycles. The van der Waals surface area contributed by atoms with Crippen molar-refractivity contribution in [3.05, 3.63) is 0 Å². The molecule has 2 bridgehead atoms. The molecule has 128 valence electrons. The van der Waals surface area contributed by atoms with E-state index in [4.69, 9.17) is 10.5 Å². The van der Waals surface area contributed by atoms with Crippen LogP contribution in [-0.2, 0) is 14.3 Å². The standard InChI is InChI=1S/C16H28N2O3.ClH/c1-10(2)21-14(19)6-7-18-16(20)13-8-11-4-3-5-12(9-13)15(11)17;/h10-13,15H,3-9,17H2,1-2H3,(H,18,20);1H. The van der Waals surface area contributed by atoms with Crippen molar-refractivity contribution in [2.45, 2.75) is 64.5 Å². The van der Waals surface area contributed by atoms with Gasteiger partial charge in [-0.1, -0.05) is 6.42 Å². The molecule has 1 amide bonds. The number of rotatable bonds is 5. The van der Waals surface area contributed by atoms with Crippen LogP contribution in [0.4, 0.5) is 0 Å². The molecule has 0 aromatic carbocycles. The number of esters is 1. The predicted octanol–water partition coefficient (Wildman–Crippen LogP) is 2.02. The number of fused-ring (bicyclic) bond motifs is 2. The molecule has 3 N–H and O–H groups in total. The van der Waals surface area contributed by atoms with Crippen LogP contribution in [0.2, 0.25) is 0 Å². The van der Waals surface area contributed by atoms with Gasteiger partial charge in [0.15, 0.2) is 0 Å². The second-order valence-electron chi connectivity index (χ2n) is 6.78. The van der Waals surface area contributed by atoms with Crippen molar-refractivity contribution in [3.63, 3.8) is 0 Å². The van der Waals surface area contributed by atoms with E-state index >= 15 is 0 Å². The molecule has 2 unspecified atom stereocenters. The summed E-state index contributed by atoms with van der Waals surface area (Å²) in [6, 6.07) is 0.281. The third-order valence-corrected chi connectivity index (χ3v) is 4.78. The maximum atomic E-state index is 12.2. The van der Waals surface area contributed by atoms with Crippen LogP contribution in [0.3, 0.4) is 0 Å². The van der Waals surface area contributed by atoms with Crippen molar-refractivity contribution in [1.82, 2.24) is 5.32 Å². The highest BCUT2D eigenvalue weighted by atomic mass is 35.5. The van der Waals surface area contributed by atoms with E-state index in [1.54, 1.807) is 0 Å². The Kier molecular flexibility index (Phi) is 7.63. The number of carbonyl (C=O) groups excluding carboxylic acids is 2. The molecule has 0 saturated heterocycles. The van der Waals surface area contributed by atoms with Gasteiger partial charge < -0.3 is 15.8 Å². The molecule has 2 aliphatic rings. The molecule has 0 aromatic rings. The molecule has 0 aliphatic heterocycles. The third kappa shape index (κ3) is 5.13. The molecule has 0 aromatic heterocycles. The molecule has 0 radical (unpaired) electrons. The van der Waals surface area contributed by atoms with Crippen LogP contribution in [0.5, 0.6) is 0 Å². The van der Waals surface area contributed by atoms with Crippen LogP contribution in [-0.4, -0.2) is 30.6 Å². The Bertz CT molecular complexity index is 376. The topological polar surface area (TPSA) is 81.4 Å². The maximum absolute atomic E-state index is 12.2. The number of carbonyl (C=O) groups is 2. The fraction of sp³-hybridized carbons (Fsp3) is 0.875. The lowest BCUT2D eigenvalue weighted by atomic mass is 9.65. The summed E-state index contributed by atoms with van der Waals surface area (Å²) >= 11 is 0. The van der Waals surface area contributed by atoms with Crippen LogP contribution in [0, 0.1) is 17.8 Å². The van der Waals surface area contributed by atoms with Gasteiger partial charge in [0.2, 0.25) is 5.91 Å². The van der Waals surface area contributed by atoms with Crippen LogP contribution in [0.1, 0.15) is 52.4 Å². The minimum atomic E-state index is -0.257. The molecule has 2 rings (SSSR count). The fourth-order valence-electron chi connectivity index (χ4n) is 3.76. The Morgan fingerprint density at radius 2 is 1.82 bits per heavy atom. The number of amides is 1. The lowest BCUT2D eigenvalue weighted by molar-refractivity contribution is -0.147. The van der Waals surface area contributed by atoms with Crippen LogP contribution in [0.25, 0.3) is 0 Å². The number of hydrogen-bond donors (Lipinski definition) is 2. The van der Waals surface area contributed by atoms with Gasteiger partial charge in [0, 0.05) is 18.5 Å². The number of halogens is 1. The molecule has 0 spiro atoms. The van der Waals surface area contributed by atoms with Gasteiger partial charge >= 0.3 is 5.97 Å². The summed E-state index contributed by atoms with van der Waals surface area (Å²) in [6.07, 6.45) is 5.50. The molecular weight excluding hydrogens is 304 g/mol. The lowest BCUT2D eigenvalue weighted by Crippen LogP contribution is -2.49. The SMILES string of the molecule is CC(C)OC(=O)CCNC(=O)C1CC2CCCC(C1)C2N.Cl. The summed E-state index contributed by atoms with van der Waals surface area (Å²) < 4.78 is 5.05. The number of nitrogens with one attached hydrogen (secondary N) is 1. The highest BCUT2D eigenvalue weighted by Gasteiger charge is 2.40. The number of ether oxygens (including phenoxy) is 1.